The van der Waals surface area contributed by atoms with Crippen molar-refractivity contribution in [3.8, 4) is 0 Å². The van der Waals surface area contributed by atoms with Crippen LogP contribution in [0, 0.1) is 0 Å². The van der Waals surface area contributed by atoms with E-state index in [-0.39, 0.29) is 10.5 Å². The van der Waals surface area contributed by atoms with E-state index in [1.807, 2.05) is 6.07 Å². The maximum absolute atomic E-state index is 13.2. The average Bonchev–Trinajstić information content (AvgIpc) is 3.01. The summed E-state index contributed by atoms with van der Waals surface area (Å²) in [5.41, 5.74) is 4.58. The zero-order chi connectivity index (χ0) is 28.8. The van der Waals surface area contributed by atoms with Crippen molar-refractivity contribution in [3.05, 3.63) is 112 Å². The summed E-state index contributed by atoms with van der Waals surface area (Å²) in [6.45, 7) is 2.03. The molecule has 2 aliphatic rings. The first-order chi connectivity index (χ1) is 20.4. The van der Waals surface area contributed by atoms with E-state index >= 15 is 0 Å². The van der Waals surface area contributed by atoms with Gasteiger partial charge in [-0.2, -0.15) is 0 Å². The minimum absolute atomic E-state index is 0.0357. The lowest BCUT2D eigenvalue weighted by Gasteiger charge is -2.37. The molecule has 42 heavy (non-hydrogen) atoms. The number of allylic oxidation sites excluding steroid dienone is 1. The molecule has 1 N–H and O–H groups in total. The maximum atomic E-state index is 13.2. The van der Waals surface area contributed by atoms with Crippen molar-refractivity contribution in [2.75, 3.05) is 22.7 Å². The van der Waals surface area contributed by atoms with Gasteiger partial charge in [-0.15, -0.1) is 0 Å². The van der Waals surface area contributed by atoms with Crippen molar-refractivity contribution >= 4 is 55.1 Å². The number of rotatable bonds is 6. The van der Waals surface area contributed by atoms with E-state index in [4.69, 9.17) is 4.42 Å². The Labute approximate surface area is 242 Å². The Kier molecular flexibility index (Phi) is 6.39. The fourth-order valence-electron chi connectivity index (χ4n) is 6.01. The van der Waals surface area contributed by atoms with Crippen LogP contribution in [0.1, 0.15) is 40.0 Å². The molecular weight excluding hydrogens is 550 g/mol. The molecule has 3 aromatic carbocycles. The normalized spacial score (nSPS) is 14.8. The van der Waals surface area contributed by atoms with Gasteiger partial charge in [-0.05, 0) is 79.8 Å². The quantitative estimate of drug-likeness (QED) is 0.156. The zero-order valence-electron chi connectivity index (χ0n) is 22.7. The molecule has 0 aliphatic carbocycles. The summed E-state index contributed by atoms with van der Waals surface area (Å²) in [5, 5.41) is 1.50. The number of carbonyl (C=O) groups is 1. The molecule has 0 saturated carbocycles. The summed E-state index contributed by atoms with van der Waals surface area (Å²) in [6, 6.07) is 20.5. The Hall–Kier alpha value is -4.76. The summed E-state index contributed by atoms with van der Waals surface area (Å²) in [4.78, 5) is 33.3. The van der Waals surface area contributed by atoms with Gasteiger partial charge in [0.15, 0.2) is 5.78 Å². The monoisotopic (exact) mass is 577 g/mol. The molecular formula is C33H27N3O5S. The van der Waals surface area contributed by atoms with Crippen LogP contribution in [0.2, 0.25) is 0 Å². The van der Waals surface area contributed by atoms with E-state index in [2.05, 4.69) is 20.7 Å². The number of carbonyl (C=O) groups excluding carboxylic acids is 1. The fourth-order valence-corrected chi connectivity index (χ4v) is 7.10. The van der Waals surface area contributed by atoms with Crippen molar-refractivity contribution in [2.24, 2.45) is 0 Å². The second kappa shape index (κ2) is 10.3. The van der Waals surface area contributed by atoms with Gasteiger partial charge in [-0.1, -0.05) is 36.4 Å². The number of pyridine rings is 1. The Morgan fingerprint density at radius 2 is 1.74 bits per heavy atom. The van der Waals surface area contributed by atoms with Crippen molar-refractivity contribution < 1.29 is 17.6 Å². The van der Waals surface area contributed by atoms with E-state index in [0.29, 0.717) is 22.5 Å². The van der Waals surface area contributed by atoms with Gasteiger partial charge in [0, 0.05) is 35.1 Å². The van der Waals surface area contributed by atoms with Crippen molar-refractivity contribution in [3.63, 3.8) is 0 Å². The Morgan fingerprint density at radius 1 is 0.929 bits per heavy atom. The number of ketones is 1. The van der Waals surface area contributed by atoms with E-state index < -0.39 is 21.4 Å². The molecule has 8 nitrogen and oxygen atoms in total. The lowest BCUT2D eigenvalue weighted by atomic mass is 9.90. The van der Waals surface area contributed by atoms with Crippen LogP contribution in [-0.2, 0) is 22.9 Å². The van der Waals surface area contributed by atoms with E-state index in [1.165, 1.54) is 35.5 Å². The molecule has 4 heterocycles. The van der Waals surface area contributed by atoms with Gasteiger partial charge >= 0.3 is 5.63 Å². The Balaban J connectivity index is 1.20. The van der Waals surface area contributed by atoms with Crippen LogP contribution < -0.4 is 15.2 Å². The number of hydrogen-bond donors (Lipinski definition) is 1. The van der Waals surface area contributed by atoms with Crippen LogP contribution in [-0.4, -0.2) is 32.3 Å². The van der Waals surface area contributed by atoms with E-state index in [9.17, 15) is 18.0 Å². The lowest BCUT2D eigenvalue weighted by molar-refractivity contribution is 0.104. The van der Waals surface area contributed by atoms with Gasteiger partial charge in [0.2, 0.25) is 0 Å². The van der Waals surface area contributed by atoms with Crippen LogP contribution in [0.25, 0.3) is 27.9 Å². The van der Waals surface area contributed by atoms with Gasteiger partial charge in [0.05, 0.1) is 21.8 Å². The number of fused-ring (bicyclic) bond motifs is 3. The molecule has 0 fully saturated rings. The highest BCUT2D eigenvalue weighted by molar-refractivity contribution is 7.92. The smallest absolute Gasteiger partial charge is 0.347 e. The predicted octanol–water partition coefficient (Wildman–Crippen LogP) is 5.74. The highest BCUT2D eigenvalue weighted by Crippen LogP contribution is 2.39. The molecule has 0 bridgehead atoms. The molecule has 210 valence electrons. The number of sulfonamides is 1. The standard InChI is InChI=1S/C33H27N3O5S/c37-29(27-20-23-19-22-8-5-17-36-18-6-11-26(31(22)36)32(23)41-33(27)38)16-15-24-14-13-21-7-4-12-28(30(21)34-24)35-42(39,40)25-9-2-1-3-10-25/h1-4,7,9-10,12-16,19-20,35H,5-6,8,11,17-18H2/b16-15+. The average molecular weight is 578 g/mol. The van der Waals surface area contributed by atoms with Gasteiger partial charge in [-0.3, -0.25) is 9.52 Å². The molecule has 7 rings (SSSR count). The third kappa shape index (κ3) is 4.65. The third-order valence-electron chi connectivity index (χ3n) is 7.93. The van der Waals surface area contributed by atoms with Gasteiger partial charge in [0.1, 0.15) is 11.1 Å². The molecule has 9 heteroatoms. The van der Waals surface area contributed by atoms with Crippen LogP contribution in [0.4, 0.5) is 11.4 Å². The second-order valence-electron chi connectivity index (χ2n) is 10.7. The number of aromatic nitrogens is 1. The number of nitrogens with one attached hydrogen (secondary N) is 1. The molecule has 2 aliphatic heterocycles. The van der Waals surface area contributed by atoms with Crippen LogP contribution in [0.15, 0.2) is 93.0 Å². The molecule has 0 saturated heterocycles. The molecule has 0 unspecified atom stereocenters. The first-order valence-corrected chi connectivity index (χ1v) is 15.4. The maximum Gasteiger partial charge on any atom is 0.347 e. The minimum Gasteiger partial charge on any atom is -0.422 e. The summed E-state index contributed by atoms with van der Waals surface area (Å²) < 4.78 is 34.3. The van der Waals surface area contributed by atoms with Crippen LogP contribution in [0.5, 0.6) is 0 Å². The fraction of sp³-hybridized carbons (Fsp3) is 0.182. The third-order valence-corrected chi connectivity index (χ3v) is 9.31. The van der Waals surface area contributed by atoms with Crippen LogP contribution in [0.3, 0.4) is 0 Å². The highest BCUT2D eigenvalue weighted by atomic mass is 32.2. The summed E-state index contributed by atoms with van der Waals surface area (Å²) in [5.74, 6) is -0.487. The molecule has 0 radical (unpaired) electrons. The molecule has 2 aromatic heterocycles. The summed E-state index contributed by atoms with van der Waals surface area (Å²) in [7, 11) is -3.82. The predicted molar refractivity (Wildman–Crippen MR) is 164 cm³/mol. The number of anilines is 2. The van der Waals surface area contributed by atoms with Crippen molar-refractivity contribution in [2.45, 2.75) is 30.6 Å². The SMILES string of the molecule is O=C(/C=C/c1ccc2cccc(NS(=O)(=O)c3ccccc3)c2n1)c1cc2cc3c4c(c2oc1=O)CCCN4CCC3. The summed E-state index contributed by atoms with van der Waals surface area (Å²) in [6.07, 6.45) is 6.72. The first-order valence-electron chi connectivity index (χ1n) is 13.9. The number of para-hydroxylation sites is 1. The zero-order valence-corrected chi connectivity index (χ0v) is 23.5. The lowest BCUT2D eigenvalue weighted by Crippen LogP contribution is -2.34. The van der Waals surface area contributed by atoms with Crippen molar-refractivity contribution in [1.29, 1.82) is 0 Å². The number of benzene rings is 3. The molecule has 0 atom stereocenters. The van der Waals surface area contributed by atoms with E-state index in [0.717, 1.165) is 55.1 Å². The Morgan fingerprint density at radius 3 is 2.57 bits per heavy atom. The van der Waals surface area contributed by atoms with Gasteiger partial charge in [-0.25, -0.2) is 18.2 Å². The molecule has 5 aromatic rings. The van der Waals surface area contributed by atoms with Gasteiger partial charge in [0.25, 0.3) is 10.0 Å². The molecule has 0 spiro atoms. The van der Waals surface area contributed by atoms with Crippen LogP contribution >= 0.6 is 0 Å². The highest BCUT2D eigenvalue weighted by Gasteiger charge is 2.27. The van der Waals surface area contributed by atoms with E-state index in [1.54, 1.807) is 48.5 Å². The topological polar surface area (TPSA) is 110 Å². The van der Waals surface area contributed by atoms with Gasteiger partial charge < -0.3 is 9.32 Å². The first kappa shape index (κ1) is 26.2. The van der Waals surface area contributed by atoms with Crippen molar-refractivity contribution in [1.82, 2.24) is 4.98 Å². The largest absolute Gasteiger partial charge is 0.422 e. The minimum atomic E-state index is -3.82. The summed E-state index contributed by atoms with van der Waals surface area (Å²) >= 11 is 0. The molecule has 0 amide bonds. The number of aryl methyl sites for hydroxylation is 2. The Bertz CT molecular complexity index is 2080. The number of nitrogens with zero attached hydrogens (tertiary/aromatic N) is 2. The number of hydrogen-bond acceptors (Lipinski definition) is 7. The second-order valence-corrected chi connectivity index (χ2v) is 12.3.